The van der Waals surface area contributed by atoms with E-state index in [1.807, 2.05) is 38.1 Å². The van der Waals surface area contributed by atoms with Crippen LogP contribution in [0.4, 0.5) is 0 Å². The van der Waals surface area contributed by atoms with E-state index < -0.39 is 0 Å². The first-order chi connectivity index (χ1) is 15.0. The van der Waals surface area contributed by atoms with Gasteiger partial charge in [0.15, 0.2) is 6.54 Å². The minimum atomic E-state index is -0.246. The number of nitrogens with zero attached hydrogens (tertiary/aromatic N) is 2. The Morgan fingerprint density at radius 1 is 1.26 bits per heavy atom. The molecule has 3 heterocycles. The second kappa shape index (κ2) is 9.47. The average Bonchev–Trinajstić information content (AvgIpc) is 3.45. The number of piperidine rings is 1. The monoisotopic (exact) mass is 424 g/mol. The molecule has 1 unspecified atom stereocenters. The fourth-order valence-electron chi connectivity index (χ4n) is 4.43. The maximum Gasteiger partial charge on any atom is 0.314 e. The molecule has 0 spiro atoms. The van der Waals surface area contributed by atoms with Crippen LogP contribution in [0, 0.1) is 12.8 Å². The van der Waals surface area contributed by atoms with E-state index in [1.54, 1.807) is 11.3 Å². The molecule has 164 valence electrons. The third kappa shape index (κ3) is 4.88. The number of benzene rings is 1. The predicted molar refractivity (Wildman–Crippen MR) is 116 cm³/mol. The molecule has 0 aliphatic carbocycles. The number of esters is 1. The summed E-state index contributed by atoms with van der Waals surface area (Å²) >= 11 is 0. The van der Waals surface area contributed by atoms with Crippen LogP contribution in [0.1, 0.15) is 49.1 Å². The molecular formula is C24H30N3O4+. The highest BCUT2D eigenvalue weighted by Gasteiger charge is 2.38. The van der Waals surface area contributed by atoms with Gasteiger partial charge in [-0.1, -0.05) is 29.8 Å². The van der Waals surface area contributed by atoms with Gasteiger partial charge >= 0.3 is 5.97 Å². The molecule has 0 bridgehead atoms. The molecule has 2 aliphatic heterocycles. The Morgan fingerprint density at radius 3 is 2.77 bits per heavy atom. The molecule has 1 fully saturated rings. The normalized spacial score (nSPS) is 23.5. The molecule has 7 heteroatoms. The predicted octanol–water partition coefficient (Wildman–Crippen LogP) is 2.12. The molecule has 2 aromatic rings. The van der Waals surface area contributed by atoms with Crippen molar-refractivity contribution in [3.8, 4) is 0 Å². The highest BCUT2D eigenvalue weighted by Crippen LogP contribution is 2.33. The number of ether oxygens (including phenoxy) is 1. The fraction of sp³-hybridized carbons (Fsp3) is 0.458. The summed E-state index contributed by atoms with van der Waals surface area (Å²) in [4.78, 5) is 26.5. The van der Waals surface area contributed by atoms with Gasteiger partial charge in [-0.25, -0.2) is 5.01 Å². The second-order valence-electron chi connectivity index (χ2n) is 8.36. The summed E-state index contributed by atoms with van der Waals surface area (Å²) in [7, 11) is 0. The van der Waals surface area contributed by atoms with Crippen molar-refractivity contribution in [2.24, 2.45) is 11.0 Å². The minimum absolute atomic E-state index is 0.0528. The molecule has 7 nitrogen and oxygen atoms in total. The summed E-state index contributed by atoms with van der Waals surface area (Å²) in [5.74, 6) is 0.393. The van der Waals surface area contributed by atoms with Crippen molar-refractivity contribution in [1.29, 1.82) is 0 Å². The van der Waals surface area contributed by atoms with E-state index in [0.717, 1.165) is 41.3 Å². The third-order valence-corrected chi connectivity index (χ3v) is 6.06. The van der Waals surface area contributed by atoms with Crippen LogP contribution in [-0.4, -0.2) is 48.8 Å². The van der Waals surface area contributed by atoms with Crippen molar-refractivity contribution >= 4 is 17.6 Å². The second-order valence-corrected chi connectivity index (χ2v) is 8.36. The lowest BCUT2D eigenvalue weighted by Gasteiger charge is -2.29. The van der Waals surface area contributed by atoms with Gasteiger partial charge < -0.3 is 14.1 Å². The number of hydrazone groups is 1. The number of furan rings is 1. The number of carbonyl (C=O) groups excluding carboxylic acids is 2. The topological polar surface area (TPSA) is 76.6 Å². The van der Waals surface area contributed by atoms with Crippen molar-refractivity contribution in [1.82, 2.24) is 5.01 Å². The summed E-state index contributed by atoms with van der Waals surface area (Å²) < 4.78 is 10.8. The molecule has 1 amide bonds. The molecule has 2 aliphatic rings. The lowest BCUT2D eigenvalue weighted by Crippen LogP contribution is -3.14. The van der Waals surface area contributed by atoms with Crippen LogP contribution >= 0.6 is 0 Å². The molecule has 0 saturated carbocycles. The van der Waals surface area contributed by atoms with Crippen molar-refractivity contribution in [2.45, 2.75) is 39.2 Å². The van der Waals surface area contributed by atoms with Gasteiger partial charge in [-0.15, -0.1) is 0 Å². The van der Waals surface area contributed by atoms with Gasteiger partial charge in [0, 0.05) is 6.42 Å². The van der Waals surface area contributed by atoms with Crippen molar-refractivity contribution in [2.75, 3.05) is 26.2 Å². The Bertz CT molecular complexity index is 936. The Balaban J connectivity index is 1.49. The number of hydrogen-bond donors (Lipinski definition) is 1. The van der Waals surface area contributed by atoms with Crippen molar-refractivity contribution in [3.63, 3.8) is 0 Å². The van der Waals surface area contributed by atoms with Crippen LogP contribution in [0.15, 0.2) is 52.2 Å². The molecule has 3 atom stereocenters. The fourth-order valence-corrected chi connectivity index (χ4v) is 4.43. The number of nitrogens with one attached hydrogen (secondary N) is 1. The van der Waals surface area contributed by atoms with E-state index in [-0.39, 0.29) is 23.8 Å². The molecule has 1 N–H and O–H groups in total. The third-order valence-electron chi connectivity index (χ3n) is 6.06. The first kappa shape index (κ1) is 21.3. The number of hydrogen-bond acceptors (Lipinski definition) is 5. The summed E-state index contributed by atoms with van der Waals surface area (Å²) in [6.07, 6.45) is 3.97. The number of likely N-dealkylation sites (tertiary alicyclic amines) is 1. The summed E-state index contributed by atoms with van der Waals surface area (Å²) in [5.41, 5.74) is 3.08. The Kier molecular flexibility index (Phi) is 6.51. The highest BCUT2D eigenvalue weighted by molar-refractivity contribution is 6.03. The molecule has 1 aromatic carbocycles. The highest BCUT2D eigenvalue weighted by atomic mass is 16.5. The van der Waals surface area contributed by atoms with E-state index in [9.17, 15) is 9.59 Å². The average molecular weight is 425 g/mol. The lowest BCUT2D eigenvalue weighted by atomic mass is 9.98. The maximum atomic E-state index is 13.3. The van der Waals surface area contributed by atoms with Crippen LogP contribution in [-0.2, 0) is 14.3 Å². The van der Waals surface area contributed by atoms with Crippen molar-refractivity contribution in [3.05, 3.63) is 59.5 Å². The van der Waals surface area contributed by atoms with E-state index >= 15 is 0 Å². The van der Waals surface area contributed by atoms with E-state index in [0.29, 0.717) is 26.1 Å². The van der Waals surface area contributed by atoms with Gasteiger partial charge in [-0.3, -0.25) is 9.59 Å². The first-order valence-corrected chi connectivity index (χ1v) is 11.0. The van der Waals surface area contributed by atoms with Crippen molar-refractivity contribution < 1.29 is 23.6 Å². The largest absolute Gasteiger partial charge is 0.467 e. The van der Waals surface area contributed by atoms with Gasteiger partial charge in [0.25, 0.3) is 5.91 Å². The summed E-state index contributed by atoms with van der Waals surface area (Å²) in [5, 5.41) is 6.29. The number of rotatable bonds is 6. The molecule has 1 saturated heterocycles. The van der Waals surface area contributed by atoms with Gasteiger partial charge in [0.2, 0.25) is 0 Å². The zero-order chi connectivity index (χ0) is 21.8. The summed E-state index contributed by atoms with van der Waals surface area (Å²) in [6, 6.07) is 11.7. The Hall–Kier alpha value is -2.93. The molecule has 0 radical (unpaired) electrons. The van der Waals surface area contributed by atoms with Gasteiger partial charge in [0.05, 0.1) is 31.7 Å². The number of carbonyl (C=O) groups is 2. The van der Waals surface area contributed by atoms with Crippen LogP contribution in [0.3, 0.4) is 0 Å². The van der Waals surface area contributed by atoms with Crippen LogP contribution < -0.4 is 4.90 Å². The lowest BCUT2D eigenvalue weighted by molar-refractivity contribution is -0.899. The van der Waals surface area contributed by atoms with E-state index in [2.05, 4.69) is 12.1 Å². The molecular weight excluding hydrogens is 394 g/mol. The smallest absolute Gasteiger partial charge is 0.314 e. The van der Waals surface area contributed by atoms with Crippen LogP contribution in [0.2, 0.25) is 0 Å². The molecule has 31 heavy (non-hydrogen) atoms. The van der Waals surface area contributed by atoms with Gasteiger partial charge in [0.1, 0.15) is 17.7 Å². The van der Waals surface area contributed by atoms with Crippen LogP contribution in [0.5, 0.6) is 0 Å². The maximum absolute atomic E-state index is 13.3. The minimum Gasteiger partial charge on any atom is -0.467 e. The van der Waals surface area contributed by atoms with E-state index in [1.165, 1.54) is 5.56 Å². The molecule has 1 aromatic heterocycles. The van der Waals surface area contributed by atoms with Gasteiger partial charge in [-0.2, -0.15) is 5.10 Å². The quantitative estimate of drug-likeness (QED) is 0.721. The number of amides is 1. The molecule has 4 rings (SSSR count). The first-order valence-electron chi connectivity index (χ1n) is 11.0. The SMILES string of the molecule is CCOC(=O)[C@@H]1CCC[NH+](CC(=O)N2N=C(c3ccc(C)cc3)C[C@H]2c2ccco2)C1. The zero-order valence-corrected chi connectivity index (χ0v) is 18.2. The Morgan fingerprint density at radius 2 is 2.06 bits per heavy atom. The summed E-state index contributed by atoms with van der Waals surface area (Å²) in [6.45, 7) is 6.05. The van der Waals surface area contributed by atoms with E-state index in [4.69, 9.17) is 14.3 Å². The number of quaternary nitrogens is 1. The Labute approximate surface area is 182 Å². The number of aryl methyl sites for hydroxylation is 1. The standard InChI is InChI=1S/C24H29N3O4/c1-3-30-24(29)19-6-4-12-26(15-19)16-23(28)27-21(22-7-5-13-31-22)14-20(25-27)18-10-8-17(2)9-11-18/h5,7-11,13,19,21H,3-4,6,12,14-16H2,1-2H3/p+1/t19-,21+/m1/s1. The van der Waals surface area contributed by atoms with Crippen LogP contribution in [0.25, 0.3) is 0 Å². The van der Waals surface area contributed by atoms with Gasteiger partial charge in [-0.05, 0) is 44.4 Å². The zero-order valence-electron chi connectivity index (χ0n) is 18.2.